The average molecular weight is 262 g/mol. The highest BCUT2D eigenvalue weighted by atomic mass is 35.5. The topological polar surface area (TPSA) is 21.3 Å². The molecule has 3 heteroatoms. The first-order valence-electron chi connectivity index (χ1n) is 5.84. The Bertz CT molecular complexity index is 466. The molecule has 0 spiro atoms. The number of anilines is 1. The van der Waals surface area contributed by atoms with Gasteiger partial charge >= 0.3 is 0 Å². The zero-order valence-electron chi connectivity index (χ0n) is 10.3. The largest absolute Gasteiger partial charge is 0.496 e. The Morgan fingerprint density at radius 3 is 2.39 bits per heavy atom. The van der Waals surface area contributed by atoms with Crippen LogP contribution in [-0.4, -0.2) is 7.11 Å². The molecule has 2 aromatic carbocycles. The predicted molar refractivity (Wildman–Crippen MR) is 76.3 cm³/mol. The minimum atomic E-state index is 0.509. The Morgan fingerprint density at radius 2 is 1.67 bits per heavy atom. The second-order valence-corrected chi connectivity index (χ2v) is 4.22. The normalized spacial score (nSPS) is 10.1. The molecule has 0 unspecified atom stereocenters. The van der Waals surface area contributed by atoms with Crippen molar-refractivity contribution in [3.63, 3.8) is 0 Å². The van der Waals surface area contributed by atoms with Crippen molar-refractivity contribution in [1.82, 2.24) is 0 Å². The minimum Gasteiger partial charge on any atom is -0.496 e. The first-order chi connectivity index (χ1) is 8.85. The van der Waals surface area contributed by atoms with Crippen LogP contribution in [0.4, 0.5) is 5.69 Å². The van der Waals surface area contributed by atoms with Crippen LogP contribution in [0.5, 0.6) is 5.75 Å². The van der Waals surface area contributed by atoms with Gasteiger partial charge in [-0.2, -0.15) is 0 Å². The van der Waals surface area contributed by atoms with Gasteiger partial charge in [-0.25, -0.2) is 0 Å². The molecule has 0 saturated carbocycles. The van der Waals surface area contributed by atoms with E-state index in [2.05, 4.69) is 11.4 Å². The van der Waals surface area contributed by atoms with Crippen molar-refractivity contribution in [3.8, 4) is 5.75 Å². The number of nitrogens with one attached hydrogen (secondary N) is 1. The van der Waals surface area contributed by atoms with Crippen molar-refractivity contribution in [1.29, 1.82) is 0 Å². The molecule has 2 nitrogen and oxygen atoms in total. The van der Waals surface area contributed by atoms with E-state index in [1.54, 1.807) is 7.11 Å². The number of halogens is 1. The molecule has 0 aliphatic carbocycles. The van der Waals surface area contributed by atoms with Crippen molar-refractivity contribution in [2.45, 2.75) is 12.4 Å². The molecule has 0 aromatic heterocycles. The number of alkyl halides is 1. The molecule has 0 amide bonds. The summed E-state index contributed by atoms with van der Waals surface area (Å²) in [6, 6.07) is 16.0. The summed E-state index contributed by atoms with van der Waals surface area (Å²) < 4.78 is 5.32. The minimum absolute atomic E-state index is 0.509. The molecular weight excluding hydrogens is 246 g/mol. The van der Waals surface area contributed by atoms with E-state index in [1.165, 1.54) is 0 Å². The fraction of sp³-hybridized carbons (Fsp3) is 0.200. The summed E-state index contributed by atoms with van der Waals surface area (Å²) in [5, 5.41) is 3.39. The second-order valence-electron chi connectivity index (χ2n) is 3.96. The second kappa shape index (κ2) is 6.31. The van der Waals surface area contributed by atoms with Gasteiger partial charge in [0.05, 0.1) is 7.11 Å². The lowest BCUT2D eigenvalue weighted by Crippen LogP contribution is -2.03. The zero-order chi connectivity index (χ0) is 12.8. The van der Waals surface area contributed by atoms with Gasteiger partial charge in [-0.05, 0) is 17.7 Å². The summed E-state index contributed by atoms with van der Waals surface area (Å²) >= 11 is 5.91. The molecule has 0 aliphatic heterocycles. The first kappa shape index (κ1) is 12.8. The van der Waals surface area contributed by atoms with Gasteiger partial charge in [0.25, 0.3) is 0 Å². The number of para-hydroxylation sites is 2. The third-order valence-corrected chi connectivity index (χ3v) is 3.11. The van der Waals surface area contributed by atoms with E-state index in [9.17, 15) is 0 Å². The zero-order valence-corrected chi connectivity index (χ0v) is 11.1. The van der Waals surface area contributed by atoms with Crippen LogP contribution in [0.15, 0.2) is 48.5 Å². The Morgan fingerprint density at radius 1 is 1.00 bits per heavy atom. The van der Waals surface area contributed by atoms with Gasteiger partial charge in [-0.3, -0.25) is 0 Å². The number of hydrogen-bond acceptors (Lipinski definition) is 2. The third kappa shape index (κ3) is 2.96. The smallest absolute Gasteiger partial charge is 0.123 e. The molecular formula is C15H16ClNO. The molecule has 2 aromatic rings. The van der Waals surface area contributed by atoms with E-state index in [1.807, 2.05) is 42.5 Å². The van der Waals surface area contributed by atoms with Gasteiger partial charge in [0.1, 0.15) is 5.75 Å². The summed E-state index contributed by atoms with van der Waals surface area (Å²) in [5.41, 5.74) is 3.30. The van der Waals surface area contributed by atoms with Crippen LogP contribution in [0.2, 0.25) is 0 Å². The molecule has 0 heterocycles. The summed E-state index contributed by atoms with van der Waals surface area (Å²) in [7, 11) is 1.69. The maximum atomic E-state index is 5.91. The molecule has 0 bridgehead atoms. The Labute approximate surface area is 113 Å². The molecule has 2 rings (SSSR count). The van der Waals surface area contributed by atoms with Gasteiger partial charge in [0, 0.05) is 23.7 Å². The number of rotatable bonds is 5. The summed E-state index contributed by atoms with van der Waals surface area (Å²) in [6.07, 6.45) is 0. The molecule has 18 heavy (non-hydrogen) atoms. The van der Waals surface area contributed by atoms with Crippen molar-refractivity contribution in [3.05, 3.63) is 59.7 Å². The number of hydrogen-bond donors (Lipinski definition) is 1. The third-order valence-electron chi connectivity index (χ3n) is 2.82. The maximum Gasteiger partial charge on any atom is 0.123 e. The van der Waals surface area contributed by atoms with Gasteiger partial charge in [0.15, 0.2) is 0 Å². The van der Waals surface area contributed by atoms with E-state index in [0.29, 0.717) is 5.88 Å². The highest BCUT2D eigenvalue weighted by molar-refractivity contribution is 6.17. The molecule has 0 aliphatic rings. The van der Waals surface area contributed by atoms with Crippen molar-refractivity contribution in [2.75, 3.05) is 12.4 Å². The first-order valence-corrected chi connectivity index (χ1v) is 6.38. The van der Waals surface area contributed by atoms with E-state index < -0.39 is 0 Å². The van der Waals surface area contributed by atoms with Gasteiger partial charge in [-0.1, -0.05) is 36.4 Å². The lowest BCUT2D eigenvalue weighted by Gasteiger charge is -2.12. The number of methoxy groups -OCH3 is 1. The molecule has 0 radical (unpaired) electrons. The van der Waals surface area contributed by atoms with E-state index >= 15 is 0 Å². The summed E-state index contributed by atoms with van der Waals surface area (Å²) in [6.45, 7) is 0.720. The van der Waals surface area contributed by atoms with Crippen LogP contribution >= 0.6 is 11.6 Å². The molecule has 0 fully saturated rings. The molecule has 0 saturated heterocycles. The van der Waals surface area contributed by atoms with Crippen LogP contribution in [0.3, 0.4) is 0 Å². The highest BCUT2D eigenvalue weighted by Gasteiger charge is 2.03. The van der Waals surface area contributed by atoms with Crippen LogP contribution in [0, 0.1) is 0 Å². The molecule has 0 atom stereocenters. The highest BCUT2D eigenvalue weighted by Crippen LogP contribution is 2.21. The van der Waals surface area contributed by atoms with Crippen molar-refractivity contribution < 1.29 is 4.74 Å². The van der Waals surface area contributed by atoms with Crippen molar-refractivity contribution >= 4 is 17.3 Å². The fourth-order valence-electron chi connectivity index (χ4n) is 1.85. The Kier molecular flexibility index (Phi) is 4.48. The Balaban J connectivity index is 2.11. The quantitative estimate of drug-likeness (QED) is 0.820. The predicted octanol–water partition coefficient (Wildman–Crippen LogP) is 4.05. The van der Waals surface area contributed by atoms with E-state index in [0.717, 1.165) is 29.1 Å². The van der Waals surface area contributed by atoms with Crippen LogP contribution in [0.1, 0.15) is 11.1 Å². The SMILES string of the molecule is COc1ccccc1CNc1ccccc1CCl. The van der Waals surface area contributed by atoms with Gasteiger partial charge < -0.3 is 10.1 Å². The monoisotopic (exact) mass is 261 g/mol. The standard InChI is InChI=1S/C15H16ClNO/c1-18-15-9-5-3-7-13(15)11-17-14-8-4-2-6-12(14)10-16/h2-9,17H,10-11H2,1H3. The Hall–Kier alpha value is -1.67. The average Bonchev–Trinajstić information content (AvgIpc) is 2.45. The lowest BCUT2D eigenvalue weighted by molar-refractivity contribution is 0.410. The van der Waals surface area contributed by atoms with Gasteiger partial charge in [0.2, 0.25) is 0 Å². The van der Waals surface area contributed by atoms with Crippen molar-refractivity contribution in [2.24, 2.45) is 0 Å². The maximum absolute atomic E-state index is 5.91. The van der Waals surface area contributed by atoms with E-state index in [-0.39, 0.29) is 0 Å². The van der Waals surface area contributed by atoms with Crippen LogP contribution < -0.4 is 10.1 Å². The van der Waals surface area contributed by atoms with Crippen LogP contribution in [-0.2, 0) is 12.4 Å². The van der Waals surface area contributed by atoms with Crippen LogP contribution in [0.25, 0.3) is 0 Å². The summed E-state index contributed by atoms with van der Waals surface area (Å²) in [5.74, 6) is 1.41. The summed E-state index contributed by atoms with van der Waals surface area (Å²) in [4.78, 5) is 0. The van der Waals surface area contributed by atoms with Gasteiger partial charge in [-0.15, -0.1) is 11.6 Å². The fourth-order valence-corrected chi connectivity index (χ4v) is 2.08. The number of ether oxygens (including phenoxy) is 1. The molecule has 94 valence electrons. The molecule has 1 N–H and O–H groups in total. The number of benzene rings is 2. The van der Waals surface area contributed by atoms with E-state index in [4.69, 9.17) is 16.3 Å². The lowest BCUT2D eigenvalue weighted by atomic mass is 10.1.